The lowest BCUT2D eigenvalue weighted by Gasteiger charge is -2.08. The van der Waals surface area contributed by atoms with Crippen LogP contribution in [0.15, 0.2) is 35.5 Å². The van der Waals surface area contributed by atoms with Crippen molar-refractivity contribution in [3.63, 3.8) is 0 Å². The fourth-order valence-corrected chi connectivity index (χ4v) is 1.20. The van der Waals surface area contributed by atoms with Gasteiger partial charge in [0.25, 0.3) is 0 Å². The predicted molar refractivity (Wildman–Crippen MR) is 67.5 cm³/mol. The lowest BCUT2D eigenvalue weighted by molar-refractivity contribution is -0.0140. The van der Waals surface area contributed by atoms with Gasteiger partial charge in [-0.1, -0.05) is 35.5 Å². The zero-order valence-corrected chi connectivity index (χ0v) is 10.2. The Balaban J connectivity index is 2.12. The molecule has 17 heavy (non-hydrogen) atoms. The molecule has 0 saturated heterocycles. The van der Waals surface area contributed by atoms with Crippen molar-refractivity contribution >= 4 is 17.8 Å². The Morgan fingerprint density at radius 1 is 1.29 bits per heavy atom. The average Bonchev–Trinajstić information content (AvgIpc) is 2.36. The molecular weight excluding hydrogens is 242 g/mol. The van der Waals surface area contributed by atoms with Gasteiger partial charge in [0.1, 0.15) is 12.7 Å². The lowest BCUT2D eigenvalue weighted by atomic mass is 10.2. The smallest absolute Gasteiger partial charge is 0.145 e. The lowest BCUT2D eigenvalue weighted by Crippen LogP contribution is -2.21. The Bertz CT molecular complexity index is 319. The van der Waals surface area contributed by atoms with E-state index in [0.29, 0.717) is 12.5 Å². The molecule has 0 saturated carbocycles. The predicted octanol–water partition coefficient (Wildman–Crippen LogP) is 1.65. The highest BCUT2D eigenvalue weighted by molar-refractivity contribution is 6.17. The van der Waals surface area contributed by atoms with E-state index in [-0.39, 0.29) is 13.2 Å². The maximum atomic E-state index is 9.41. The van der Waals surface area contributed by atoms with Crippen molar-refractivity contribution < 1.29 is 14.7 Å². The number of ether oxygens (including phenoxy) is 1. The number of halogens is 1. The van der Waals surface area contributed by atoms with E-state index in [4.69, 9.17) is 21.2 Å². The van der Waals surface area contributed by atoms with Crippen molar-refractivity contribution in [1.29, 1.82) is 0 Å². The van der Waals surface area contributed by atoms with Crippen molar-refractivity contribution in [2.24, 2.45) is 5.16 Å². The highest BCUT2D eigenvalue weighted by Crippen LogP contribution is 1.95. The van der Waals surface area contributed by atoms with E-state index >= 15 is 0 Å². The highest BCUT2D eigenvalue weighted by atomic mass is 35.5. The van der Waals surface area contributed by atoms with Crippen LogP contribution in [0.1, 0.15) is 5.56 Å². The Morgan fingerprint density at radius 2 is 2.06 bits per heavy atom. The summed E-state index contributed by atoms with van der Waals surface area (Å²) in [4.78, 5) is 4.94. The quantitative estimate of drug-likeness (QED) is 0.333. The van der Waals surface area contributed by atoms with Gasteiger partial charge < -0.3 is 14.7 Å². The first-order valence-corrected chi connectivity index (χ1v) is 5.88. The number of oxime groups is 1. The van der Waals surface area contributed by atoms with Crippen LogP contribution < -0.4 is 0 Å². The molecule has 0 aliphatic heterocycles. The van der Waals surface area contributed by atoms with Gasteiger partial charge in [-0.15, -0.1) is 11.6 Å². The number of alkyl halides is 1. The van der Waals surface area contributed by atoms with Crippen LogP contribution in [0.2, 0.25) is 0 Å². The van der Waals surface area contributed by atoms with Crippen LogP contribution in [0, 0.1) is 0 Å². The molecule has 1 aromatic carbocycles. The van der Waals surface area contributed by atoms with E-state index in [0.717, 1.165) is 5.56 Å². The van der Waals surface area contributed by atoms with Gasteiger partial charge in [0.05, 0.1) is 19.4 Å². The summed E-state index contributed by atoms with van der Waals surface area (Å²) in [6.45, 7) is 0.727. The minimum Gasteiger partial charge on any atom is -0.393 e. The summed E-state index contributed by atoms with van der Waals surface area (Å²) < 4.78 is 5.05. The van der Waals surface area contributed by atoms with Crippen LogP contribution in [0.5, 0.6) is 0 Å². The summed E-state index contributed by atoms with van der Waals surface area (Å²) in [5.74, 6) is 0.416. The van der Waals surface area contributed by atoms with Gasteiger partial charge in [0, 0.05) is 5.88 Å². The Labute approximate surface area is 106 Å². The second-order valence-electron chi connectivity index (χ2n) is 3.36. The molecular formula is C12H16ClNO3. The molecule has 5 heteroatoms. The summed E-state index contributed by atoms with van der Waals surface area (Å²) in [5.41, 5.74) is 0.945. The van der Waals surface area contributed by atoms with Crippen LogP contribution in [0.4, 0.5) is 0 Å². The van der Waals surface area contributed by atoms with Crippen molar-refractivity contribution in [3.8, 4) is 0 Å². The van der Waals surface area contributed by atoms with Gasteiger partial charge in [-0.25, -0.2) is 0 Å². The van der Waals surface area contributed by atoms with E-state index in [9.17, 15) is 5.11 Å². The van der Waals surface area contributed by atoms with Crippen molar-refractivity contribution in [2.45, 2.75) is 6.10 Å². The number of benzene rings is 1. The third kappa shape index (κ3) is 6.94. The molecule has 4 nitrogen and oxygen atoms in total. The van der Waals surface area contributed by atoms with E-state index in [1.165, 1.54) is 0 Å². The maximum absolute atomic E-state index is 9.41. The van der Waals surface area contributed by atoms with Gasteiger partial charge in [0.2, 0.25) is 0 Å². The normalized spacial score (nSPS) is 12.8. The molecule has 1 N–H and O–H groups in total. The fraction of sp³-hybridized carbons (Fsp3) is 0.417. The molecule has 0 aliphatic carbocycles. The van der Waals surface area contributed by atoms with Crippen LogP contribution in [-0.4, -0.2) is 43.1 Å². The summed E-state index contributed by atoms with van der Waals surface area (Å²) in [6, 6.07) is 9.57. The van der Waals surface area contributed by atoms with Crippen molar-refractivity contribution in [1.82, 2.24) is 0 Å². The number of aliphatic hydroxyl groups is 1. The zero-order valence-electron chi connectivity index (χ0n) is 9.46. The summed E-state index contributed by atoms with van der Waals surface area (Å²) in [5, 5.41) is 13.1. The minimum absolute atomic E-state index is 0.103. The zero-order chi connectivity index (χ0) is 12.3. The Kier molecular flexibility index (Phi) is 7.38. The summed E-state index contributed by atoms with van der Waals surface area (Å²) >= 11 is 5.42. The third-order valence-electron chi connectivity index (χ3n) is 1.87. The SMILES string of the molecule is OC(COCCCl)CO/N=C/c1ccccc1. The molecule has 0 fully saturated rings. The van der Waals surface area contributed by atoms with Crippen LogP contribution >= 0.6 is 11.6 Å². The summed E-state index contributed by atoms with van der Waals surface area (Å²) in [6.07, 6.45) is 0.901. The molecule has 1 unspecified atom stereocenters. The van der Waals surface area contributed by atoms with Gasteiger partial charge >= 0.3 is 0 Å². The van der Waals surface area contributed by atoms with E-state index in [2.05, 4.69) is 5.16 Å². The highest BCUT2D eigenvalue weighted by Gasteiger charge is 2.03. The molecule has 0 amide bonds. The average molecular weight is 258 g/mol. The molecule has 0 aromatic heterocycles. The van der Waals surface area contributed by atoms with Crippen molar-refractivity contribution in [3.05, 3.63) is 35.9 Å². The molecule has 0 heterocycles. The van der Waals surface area contributed by atoms with E-state index in [1.54, 1.807) is 6.21 Å². The first-order chi connectivity index (χ1) is 8.33. The number of aliphatic hydroxyl groups excluding tert-OH is 1. The topological polar surface area (TPSA) is 51.0 Å². The Hall–Kier alpha value is -1.10. The first-order valence-electron chi connectivity index (χ1n) is 5.35. The van der Waals surface area contributed by atoms with Crippen LogP contribution in [0.25, 0.3) is 0 Å². The van der Waals surface area contributed by atoms with Gasteiger partial charge in [-0.05, 0) is 5.56 Å². The molecule has 0 aliphatic rings. The second-order valence-corrected chi connectivity index (χ2v) is 3.74. The van der Waals surface area contributed by atoms with Gasteiger partial charge in [-0.3, -0.25) is 0 Å². The van der Waals surface area contributed by atoms with Gasteiger partial charge in [-0.2, -0.15) is 0 Å². The van der Waals surface area contributed by atoms with Crippen LogP contribution in [-0.2, 0) is 9.57 Å². The molecule has 94 valence electrons. The first kappa shape index (κ1) is 14.0. The molecule has 1 aromatic rings. The minimum atomic E-state index is -0.689. The summed E-state index contributed by atoms with van der Waals surface area (Å²) in [7, 11) is 0. The maximum Gasteiger partial charge on any atom is 0.145 e. The third-order valence-corrected chi connectivity index (χ3v) is 2.03. The number of rotatable bonds is 8. The Morgan fingerprint density at radius 3 is 2.76 bits per heavy atom. The second kappa shape index (κ2) is 8.98. The largest absolute Gasteiger partial charge is 0.393 e. The van der Waals surface area contributed by atoms with E-state index < -0.39 is 6.10 Å². The fourth-order valence-electron chi connectivity index (χ4n) is 1.09. The monoisotopic (exact) mass is 257 g/mol. The molecule has 1 rings (SSSR count). The standard InChI is InChI=1S/C12H16ClNO3/c13-6-7-16-9-12(15)10-17-14-8-11-4-2-1-3-5-11/h1-5,8,12,15H,6-7,9-10H2/b14-8+. The van der Waals surface area contributed by atoms with Gasteiger partial charge in [0.15, 0.2) is 0 Å². The van der Waals surface area contributed by atoms with E-state index in [1.807, 2.05) is 30.3 Å². The number of hydrogen-bond donors (Lipinski definition) is 1. The number of nitrogens with zero attached hydrogens (tertiary/aromatic N) is 1. The molecule has 0 radical (unpaired) electrons. The van der Waals surface area contributed by atoms with Crippen molar-refractivity contribution in [2.75, 3.05) is 25.7 Å². The molecule has 0 spiro atoms. The molecule has 1 atom stereocenters. The van der Waals surface area contributed by atoms with Crippen LogP contribution in [0.3, 0.4) is 0 Å². The number of hydrogen-bond acceptors (Lipinski definition) is 4. The molecule has 0 bridgehead atoms.